The van der Waals surface area contributed by atoms with E-state index in [1.54, 1.807) is 7.11 Å². The molecule has 0 aliphatic rings. The van der Waals surface area contributed by atoms with Crippen molar-refractivity contribution in [3.63, 3.8) is 0 Å². The maximum absolute atomic E-state index is 5.74. The quantitative estimate of drug-likeness (QED) is 0.858. The molecule has 0 saturated heterocycles. The molecule has 1 atom stereocenters. The summed E-state index contributed by atoms with van der Waals surface area (Å²) in [6.45, 7) is 3.49. The second kappa shape index (κ2) is 6.25. The van der Waals surface area contributed by atoms with Crippen LogP contribution in [-0.4, -0.2) is 29.5 Å². The lowest BCUT2D eigenvalue weighted by Crippen LogP contribution is -2.17. The first-order valence-corrected chi connectivity index (χ1v) is 5.89. The van der Waals surface area contributed by atoms with E-state index in [9.17, 15) is 0 Å². The number of hydrogen-bond donors (Lipinski definition) is 1. The van der Waals surface area contributed by atoms with E-state index in [4.69, 9.17) is 10.5 Å². The third-order valence-electron chi connectivity index (χ3n) is 2.24. The number of ether oxygens (including phenoxy) is 1. The average molecular weight is 276 g/mol. The standard InChI is InChI=1S/C10H18BrN3O/c1-8(12)3-4-10-9(11)7-13-14(10)5-6-15-2/h7-8H,3-6,12H2,1-2H3. The monoisotopic (exact) mass is 275 g/mol. The average Bonchev–Trinajstić information content (AvgIpc) is 2.53. The van der Waals surface area contributed by atoms with Gasteiger partial charge in [0.1, 0.15) is 0 Å². The Labute approximate surface area is 98.9 Å². The molecule has 1 aromatic rings. The Morgan fingerprint density at radius 2 is 2.40 bits per heavy atom. The van der Waals surface area contributed by atoms with Crippen molar-refractivity contribution < 1.29 is 4.74 Å². The largest absolute Gasteiger partial charge is 0.383 e. The van der Waals surface area contributed by atoms with Gasteiger partial charge < -0.3 is 10.5 Å². The van der Waals surface area contributed by atoms with Crippen LogP contribution < -0.4 is 5.73 Å². The summed E-state index contributed by atoms with van der Waals surface area (Å²) in [4.78, 5) is 0. The third-order valence-corrected chi connectivity index (χ3v) is 2.90. The molecule has 5 heteroatoms. The van der Waals surface area contributed by atoms with Crippen molar-refractivity contribution in [3.05, 3.63) is 16.4 Å². The van der Waals surface area contributed by atoms with Gasteiger partial charge in [0, 0.05) is 13.2 Å². The molecule has 0 aromatic carbocycles. The number of halogens is 1. The Balaban J connectivity index is 2.62. The van der Waals surface area contributed by atoms with Gasteiger partial charge in [0.25, 0.3) is 0 Å². The van der Waals surface area contributed by atoms with Gasteiger partial charge in [0.15, 0.2) is 0 Å². The van der Waals surface area contributed by atoms with E-state index < -0.39 is 0 Å². The summed E-state index contributed by atoms with van der Waals surface area (Å²) >= 11 is 3.49. The maximum Gasteiger partial charge on any atom is 0.0658 e. The molecule has 1 unspecified atom stereocenters. The van der Waals surface area contributed by atoms with Crippen LogP contribution in [0.4, 0.5) is 0 Å². The molecular weight excluding hydrogens is 258 g/mol. The Bertz CT molecular complexity index is 299. The van der Waals surface area contributed by atoms with Crippen molar-refractivity contribution in [1.82, 2.24) is 9.78 Å². The fourth-order valence-corrected chi connectivity index (χ4v) is 1.87. The van der Waals surface area contributed by atoms with E-state index in [0.717, 1.165) is 23.9 Å². The van der Waals surface area contributed by atoms with Crippen LogP contribution in [0.2, 0.25) is 0 Å². The highest BCUT2D eigenvalue weighted by molar-refractivity contribution is 9.10. The van der Waals surface area contributed by atoms with Crippen LogP contribution in [0, 0.1) is 0 Å². The Kier molecular flexibility index (Phi) is 5.28. The zero-order valence-electron chi connectivity index (χ0n) is 9.24. The molecule has 0 aliphatic carbocycles. The summed E-state index contributed by atoms with van der Waals surface area (Å²) in [7, 11) is 1.69. The van der Waals surface area contributed by atoms with Crippen LogP contribution in [0.3, 0.4) is 0 Å². The highest BCUT2D eigenvalue weighted by Gasteiger charge is 2.09. The molecule has 1 aromatic heterocycles. The van der Waals surface area contributed by atoms with Crippen LogP contribution in [0.15, 0.2) is 10.7 Å². The summed E-state index contributed by atoms with van der Waals surface area (Å²) in [6.07, 6.45) is 3.74. The minimum absolute atomic E-state index is 0.225. The highest BCUT2D eigenvalue weighted by Crippen LogP contribution is 2.18. The number of rotatable bonds is 6. The van der Waals surface area contributed by atoms with Gasteiger partial charge in [-0.1, -0.05) is 0 Å². The first kappa shape index (κ1) is 12.7. The minimum atomic E-state index is 0.225. The number of aromatic nitrogens is 2. The second-order valence-electron chi connectivity index (χ2n) is 3.67. The molecule has 0 saturated carbocycles. The second-order valence-corrected chi connectivity index (χ2v) is 4.53. The smallest absolute Gasteiger partial charge is 0.0658 e. The molecule has 2 N–H and O–H groups in total. The molecular formula is C10H18BrN3O. The van der Waals surface area contributed by atoms with E-state index in [2.05, 4.69) is 21.0 Å². The van der Waals surface area contributed by atoms with Gasteiger partial charge in [-0.15, -0.1) is 0 Å². The molecule has 1 heterocycles. The summed E-state index contributed by atoms with van der Waals surface area (Å²) in [5, 5.41) is 4.28. The van der Waals surface area contributed by atoms with Crippen molar-refractivity contribution in [2.24, 2.45) is 5.73 Å². The van der Waals surface area contributed by atoms with Gasteiger partial charge in [0.2, 0.25) is 0 Å². The predicted molar refractivity (Wildman–Crippen MR) is 63.8 cm³/mol. The van der Waals surface area contributed by atoms with Gasteiger partial charge in [0.05, 0.1) is 29.5 Å². The molecule has 15 heavy (non-hydrogen) atoms. The van der Waals surface area contributed by atoms with E-state index in [1.165, 1.54) is 5.69 Å². The molecule has 86 valence electrons. The fourth-order valence-electron chi connectivity index (χ4n) is 1.37. The van der Waals surface area contributed by atoms with Crippen LogP contribution in [0.1, 0.15) is 19.0 Å². The number of hydrogen-bond acceptors (Lipinski definition) is 3. The van der Waals surface area contributed by atoms with Crippen LogP contribution >= 0.6 is 15.9 Å². The van der Waals surface area contributed by atoms with E-state index in [1.807, 2.05) is 17.8 Å². The lowest BCUT2D eigenvalue weighted by atomic mass is 10.1. The van der Waals surface area contributed by atoms with Crippen LogP contribution in [-0.2, 0) is 17.7 Å². The maximum atomic E-state index is 5.74. The molecule has 0 bridgehead atoms. The summed E-state index contributed by atoms with van der Waals surface area (Å²) in [5.41, 5.74) is 6.94. The normalized spacial score (nSPS) is 13.1. The van der Waals surface area contributed by atoms with Gasteiger partial charge in [-0.3, -0.25) is 4.68 Å². The van der Waals surface area contributed by atoms with E-state index in [-0.39, 0.29) is 6.04 Å². The van der Waals surface area contributed by atoms with Crippen LogP contribution in [0.5, 0.6) is 0 Å². The van der Waals surface area contributed by atoms with Crippen LogP contribution in [0.25, 0.3) is 0 Å². The van der Waals surface area contributed by atoms with Gasteiger partial charge in [-0.05, 0) is 35.7 Å². The Morgan fingerprint density at radius 3 is 3.00 bits per heavy atom. The lowest BCUT2D eigenvalue weighted by molar-refractivity contribution is 0.182. The molecule has 0 fully saturated rings. The Hall–Kier alpha value is -0.390. The van der Waals surface area contributed by atoms with Crippen molar-refractivity contribution >= 4 is 15.9 Å². The molecule has 0 spiro atoms. The van der Waals surface area contributed by atoms with Crippen molar-refractivity contribution in [2.45, 2.75) is 32.4 Å². The highest BCUT2D eigenvalue weighted by atomic mass is 79.9. The molecule has 0 aliphatic heterocycles. The molecule has 0 radical (unpaired) electrons. The number of nitrogens with zero attached hydrogens (tertiary/aromatic N) is 2. The summed E-state index contributed by atoms with van der Waals surface area (Å²) < 4.78 is 8.06. The Morgan fingerprint density at radius 1 is 1.67 bits per heavy atom. The van der Waals surface area contributed by atoms with E-state index in [0.29, 0.717) is 6.61 Å². The zero-order chi connectivity index (χ0) is 11.3. The molecule has 4 nitrogen and oxygen atoms in total. The van der Waals surface area contributed by atoms with Gasteiger partial charge in [-0.2, -0.15) is 5.10 Å². The SMILES string of the molecule is COCCn1ncc(Br)c1CCC(C)N. The lowest BCUT2D eigenvalue weighted by Gasteiger charge is -2.09. The molecule has 1 rings (SSSR count). The number of methoxy groups -OCH3 is 1. The first-order valence-electron chi connectivity index (χ1n) is 5.10. The van der Waals surface area contributed by atoms with Crippen molar-refractivity contribution in [2.75, 3.05) is 13.7 Å². The van der Waals surface area contributed by atoms with Gasteiger partial charge in [-0.25, -0.2) is 0 Å². The summed E-state index contributed by atoms with van der Waals surface area (Å²) in [6, 6.07) is 0.225. The van der Waals surface area contributed by atoms with Crippen molar-refractivity contribution in [3.8, 4) is 0 Å². The van der Waals surface area contributed by atoms with Crippen molar-refractivity contribution in [1.29, 1.82) is 0 Å². The third kappa shape index (κ3) is 3.93. The van der Waals surface area contributed by atoms with E-state index >= 15 is 0 Å². The zero-order valence-corrected chi connectivity index (χ0v) is 10.8. The molecule has 0 amide bonds. The topological polar surface area (TPSA) is 53.1 Å². The number of nitrogens with two attached hydrogens (primary N) is 1. The first-order chi connectivity index (χ1) is 7.15. The summed E-state index contributed by atoms with van der Waals surface area (Å²) in [5.74, 6) is 0. The predicted octanol–water partition coefficient (Wildman–Crippen LogP) is 1.57. The van der Waals surface area contributed by atoms with Gasteiger partial charge >= 0.3 is 0 Å². The fraction of sp³-hybridized carbons (Fsp3) is 0.700. The minimum Gasteiger partial charge on any atom is -0.383 e.